The first-order valence-electron chi connectivity index (χ1n) is 6.19. The number of hydrogen-bond acceptors (Lipinski definition) is 3. The molecule has 1 aliphatic heterocycles. The van der Waals surface area contributed by atoms with E-state index in [1.54, 1.807) is 0 Å². The van der Waals surface area contributed by atoms with E-state index in [0.29, 0.717) is 0 Å². The average molecular weight is 213 g/mol. The van der Waals surface area contributed by atoms with Crippen molar-refractivity contribution in [1.82, 2.24) is 5.32 Å². The maximum Gasteiger partial charge on any atom is 0.166 e. The lowest BCUT2D eigenvalue weighted by molar-refractivity contribution is -0.145. The minimum atomic E-state index is -0.322. The van der Waals surface area contributed by atoms with Gasteiger partial charge in [0.1, 0.15) is 0 Å². The first kappa shape index (κ1) is 11.4. The lowest BCUT2D eigenvalue weighted by atomic mass is 10.1. The Bertz CT molecular complexity index is 202. The van der Waals surface area contributed by atoms with Crippen LogP contribution in [0.3, 0.4) is 0 Å². The quantitative estimate of drug-likeness (QED) is 0.774. The van der Waals surface area contributed by atoms with Gasteiger partial charge in [0.25, 0.3) is 0 Å². The molecule has 0 aromatic carbocycles. The number of nitrogens with one attached hydrogen (secondary N) is 1. The topological polar surface area (TPSA) is 30.5 Å². The Balaban J connectivity index is 1.62. The van der Waals surface area contributed by atoms with E-state index in [4.69, 9.17) is 9.47 Å². The van der Waals surface area contributed by atoms with Crippen LogP contribution in [-0.4, -0.2) is 31.6 Å². The van der Waals surface area contributed by atoms with Crippen molar-refractivity contribution in [3.8, 4) is 0 Å². The monoisotopic (exact) mass is 213 g/mol. The highest BCUT2D eigenvalue weighted by molar-refractivity contribution is 4.79. The fourth-order valence-electron chi connectivity index (χ4n) is 2.60. The van der Waals surface area contributed by atoms with Gasteiger partial charge < -0.3 is 14.8 Å². The second kappa shape index (κ2) is 4.81. The Morgan fingerprint density at radius 3 is 2.60 bits per heavy atom. The lowest BCUT2D eigenvalue weighted by Gasteiger charge is -2.23. The van der Waals surface area contributed by atoms with E-state index >= 15 is 0 Å². The van der Waals surface area contributed by atoms with Crippen molar-refractivity contribution in [3.05, 3.63) is 0 Å². The Morgan fingerprint density at radius 1 is 1.27 bits per heavy atom. The number of ether oxygens (including phenoxy) is 2. The maximum atomic E-state index is 5.56. The zero-order chi connectivity index (χ0) is 10.7. The van der Waals surface area contributed by atoms with Crippen LogP contribution in [0.2, 0.25) is 0 Å². The van der Waals surface area contributed by atoms with Crippen LogP contribution in [0.15, 0.2) is 0 Å². The standard InChI is InChI=1S/C12H23NO2/c1-10-3-4-11(9-10)13-6-5-12(2)14-7-8-15-12/h10-11,13H,3-9H2,1-2H3. The maximum absolute atomic E-state index is 5.56. The summed E-state index contributed by atoms with van der Waals surface area (Å²) < 4.78 is 11.1. The van der Waals surface area contributed by atoms with Gasteiger partial charge in [-0.15, -0.1) is 0 Å². The largest absolute Gasteiger partial charge is 0.348 e. The van der Waals surface area contributed by atoms with Crippen molar-refractivity contribution in [3.63, 3.8) is 0 Å². The highest BCUT2D eigenvalue weighted by atomic mass is 16.7. The highest BCUT2D eigenvalue weighted by Crippen LogP contribution is 2.25. The van der Waals surface area contributed by atoms with E-state index in [1.807, 2.05) is 6.92 Å². The van der Waals surface area contributed by atoms with Gasteiger partial charge in [0.05, 0.1) is 13.2 Å². The van der Waals surface area contributed by atoms with Gasteiger partial charge in [-0.1, -0.05) is 6.92 Å². The SMILES string of the molecule is CC1CCC(NCCC2(C)OCCO2)C1. The predicted octanol–water partition coefficient (Wildman–Crippen LogP) is 1.92. The van der Waals surface area contributed by atoms with Crippen LogP contribution in [0.4, 0.5) is 0 Å². The van der Waals surface area contributed by atoms with Gasteiger partial charge in [-0.2, -0.15) is 0 Å². The molecule has 0 bridgehead atoms. The van der Waals surface area contributed by atoms with Crippen LogP contribution in [0, 0.1) is 5.92 Å². The summed E-state index contributed by atoms with van der Waals surface area (Å²) in [5.74, 6) is 0.578. The van der Waals surface area contributed by atoms with Gasteiger partial charge in [-0.25, -0.2) is 0 Å². The van der Waals surface area contributed by atoms with Gasteiger partial charge in [0, 0.05) is 19.0 Å². The van der Waals surface area contributed by atoms with Gasteiger partial charge in [0.15, 0.2) is 5.79 Å². The van der Waals surface area contributed by atoms with Crippen molar-refractivity contribution in [2.45, 2.75) is 51.4 Å². The summed E-state index contributed by atoms with van der Waals surface area (Å²) in [5.41, 5.74) is 0. The van der Waals surface area contributed by atoms with E-state index < -0.39 is 0 Å². The summed E-state index contributed by atoms with van der Waals surface area (Å²) in [6.07, 6.45) is 5.00. The summed E-state index contributed by atoms with van der Waals surface area (Å²) >= 11 is 0. The zero-order valence-electron chi connectivity index (χ0n) is 9.92. The fraction of sp³-hybridized carbons (Fsp3) is 1.00. The molecule has 3 heteroatoms. The molecule has 1 saturated carbocycles. The Hall–Kier alpha value is -0.120. The van der Waals surface area contributed by atoms with Crippen LogP contribution in [0.25, 0.3) is 0 Å². The van der Waals surface area contributed by atoms with Gasteiger partial charge in [0.2, 0.25) is 0 Å². The lowest BCUT2D eigenvalue weighted by Crippen LogP contribution is -2.34. The van der Waals surface area contributed by atoms with Crippen molar-refractivity contribution in [1.29, 1.82) is 0 Å². The molecule has 2 aliphatic rings. The van der Waals surface area contributed by atoms with E-state index in [0.717, 1.165) is 38.1 Å². The summed E-state index contributed by atoms with van der Waals surface area (Å²) in [6, 6.07) is 0.727. The molecule has 1 N–H and O–H groups in total. The zero-order valence-corrected chi connectivity index (χ0v) is 9.92. The summed E-state index contributed by atoms with van der Waals surface area (Å²) in [5, 5.41) is 3.60. The highest BCUT2D eigenvalue weighted by Gasteiger charge is 2.30. The molecule has 1 heterocycles. The Morgan fingerprint density at radius 2 is 2.00 bits per heavy atom. The van der Waals surface area contributed by atoms with Crippen molar-refractivity contribution < 1.29 is 9.47 Å². The molecule has 2 fully saturated rings. The minimum absolute atomic E-state index is 0.322. The molecular weight excluding hydrogens is 190 g/mol. The first-order chi connectivity index (χ1) is 7.18. The van der Waals surface area contributed by atoms with E-state index in [2.05, 4.69) is 12.2 Å². The minimum Gasteiger partial charge on any atom is -0.348 e. The summed E-state index contributed by atoms with van der Waals surface area (Å²) in [4.78, 5) is 0. The Kier molecular flexibility index (Phi) is 3.65. The van der Waals surface area contributed by atoms with E-state index in [1.165, 1.54) is 19.3 Å². The molecular formula is C12H23NO2. The van der Waals surface area contributed by atoms with E-state index in [-0.39, 0.29) is 5.79 Å². The molecule has 3 nitrogen and oxygen atoms in total. The predicted molar refractivity (Wildman–Crippen MR) is 59.7 cm³/mol. The number of rotatable bonds is 4. The third-order valence-corrected chi connectivity index (χ3v) is 3.61. The third kappa shape index (κ3) is 3.16. The number of hydrogen-bond donors (Lipinski definition) is 1. The first-order valence-corrected chi connectivity index (χ1v) is 6.19. The molecule has 2 atom stereocenters. The molecule has 0 spiro atoms. The smallest absolute Gasteiger partial charge is 0.166 e. The van der Waals surface area contributed by atoms with Crippen LogP contribution < -0.4 is 5.32 Å². The molecule has 0 radical (unpaired) electrons. The summed E-state index contributed by atoms with van der Waals surface area (Å²) in [7, 11) is 0. The fourth-order valence-corrected chi connectivity index (χ4v) is 2.60. The normalized spacial score (nSPS) is 34.8. The molecule has 0 aromatic rings. The van der Waals surface area contributed by atoms with Gasteiger partial charge in [-0.05, 0) is 32.1 Å². The van der Waals surface area contributed by atoms with Crippen molar-refractivity contribution >= 4 is 0 Å². The molecule has 1 aliphatic carbocycles. The second-order valence-corrected chi connectivity index (χ2v) is 5.15. The van der Waals surface area contributed by atoms with Crippen molar-refractivity contribution in [2.24, 2.45) is 5.92 Å². The van der Waals surface area contributed by atoms with Crippen molar-refractivity contribution in [2.75, 3.05) is 19.8 Å². The molecule has 2 unspecified atom stereocenters. The molecule has 2 rings (SSSR count). The average Bonchev–Trinajstić information content (AvgIpc) is 2.76. The molecule has 15 heavy (non-hydrogen) atoms. The molecule has 1 saturated heterocycles. The molecule has 0 amide bonds. The van der Waals surface area contributed by atoms with Crippen LogP contribution >= 0.6 is 0 Å². The summed E-state index contributed by atoms with van der Waals surface area (Å²) in [6.45, 7) is 6.88. The molecule has 0 aromatic heterocycles. The van der Waals surface area contributed by atoms with Gasteiger partial charge >= 0.3 is 0 Å². The van der Waals surface area contributed by atoms with Crippen LogP contribution in [-0.2, 0) is 9.47 Å². The van der Waals surface area contributed by atoms with Crippen LogP contribution in [0.1, 0.15) is 39.5 Å². The van der Waals surface area contributed by atoms with Crippen LogP contribution in [0.5, 0.6) is 0 Å². The third-order valence-electron chi connectivity index (χ3n) is 3.61. The Labute approximate surface area is 92.5 Å². The van der Waals surface area contributed by atoms with Gasteiger partial charge in [-0.3, -0.25) is 0 Å². The van der Waals surface area contributed by atoms with E-state index in [9.17, 15) is 0 Å². The molecule has 88 valence electrons. The second-order valence-electron chi connectivity index (χ2n) is 5.15.